The SMILES string of the molecule is CCOc1ccccc1N1CCN(C(=O)CN2CC3=C(C2=O)C(c2ccc(F)cc2)NC(=O)N3C)CC1. The average Bonchev–Trinajstić information content (AvgIpc) is 3.23. The van der Waals surface area contributed by atoms with Crippen LogP contribution in [-0.2, 0) is 9.59 Å². The van der Waals surface area contributed by atoms with Crippen LogP contribution in [0.25, 0.3) is 0 Å². The summed E-state index contributed by atoms with van der Waals surface area (Å²) in [6.45, 7) is 5.02. The number of piperazine rings is 1. The fourth-order valence-corrected chi connectivity index (χ4v) is 5.11. The Morgan fingerprint density at radius 1 is 1.05 bits per heavy atom. The van der Waals surface area contributed by atoms with E-state index in [4.69, 9.17) is 4.74 Å². The Hall–Kier alpha value is -4.08. The molecule has 2 aromatic carbocycles. The molecular weight excluding hydrogens is 477 g/mol. The molecule has 37 heavy (non-hydrogen) atoms. The van der Waals surface area contributed by atoms with Gasteiger partial charge in [-0.25, -0.2) is 9.18 Å². The summed E-state index contributed by atoms with van der Waals surface area (Å²) < 4.78 is 19.2. The van der Waals surface area contributed by atoms with Gasteiger partial charge in [-0.3, -0.25) is 14.5 Å². The van der Waals surface area contributed by atoms with Gasteiger partial charge in [0, 0.05) is 33.2 Å². The van der Waals surface area contributed by atoms with Crippen molar-refractivity contribution in [2.24, 2.45) is 0 Å². The summed E-state index contributed by atoms with van der Waals surface area (Å²) in [4.78, 5) is 46.0. The van der Waals surface area contributed by atoms with Crippen LogP contribution in [0.4, 0.5) is 14.9 Å². The van der Waals surface area contributed by atoms with E-state index >= 15 is 0 Å². The summed E-state index contributed by atoms with van der Waals surface area (Å²) in [6, 6.07) is 12.5. The molecule has 3 aliphatic heterocycles. The minimum atomic E-state index is -0.694. The van der Waals surface area contributed by atoms with Crippen molar-refractivity contribution in [2.75, 3.05) is 57.8 Å². The quantitative estimate of drug-likeness (QED) is 0.649. The largest absolute Gasteiger partial charge is 0.492 e. The summed E-state index contributed by atoms with van der Waals surface area (Å²) in [5.74, 6) is -0.00394. The Bertz CT molecular complexity index is 1240. The van der Waals surface area contributed by atoms with Gasteiger partial charge in [0.05, 0.1) is 36.2 Å². The number of nitrogens with one attached hydrogen (secondary N) is 1. The van der Waals surface area contributed by atoms with Crippen LogP contribution in [0.3, 0.4) is 0 Å². The fraction of sp³-hybridized carbons (Fsp3) is 0.370. The number of ether oxygens (including phenoxy) is 1. The Morgan fingerprint density at radius 2 is 1.76 bits per heavy atom. The summed E-state index contributed by atoms with van der Waals surface area (Å²) in [5.41, 5.74) is 2.60. The zero-order chi connectivity index (χ0) is 26.1. The summed E-state index contributed by atoms with van der Waals surface area (Å²) >= 11 is 0. The third-order valence-corrected chi connectivity index (χ3v) is 7.10. The van der Waals surface area contributed by atoms with E-state index in [1.54, 1.807) is 24.1 Å². The average molecular weight is 508 g/mol. The molecule has 2 aromatic rings. The second kappa shape index (κ2) is 10.1. The van der Waals surface area contributed by atoms with E-state index in [0.29, 0.717) is 49.6 Å². The molecule has 1 N–H and O–H groups in total. The van der Waals surface area contributed by atoms with Crippen molar-refractivity contribution in [1.82, 2.24) is 20.0 Å². The lowest BCUT2D eigenvalue weighted by molar-refractivity contribution is -0.137. The predicted octanol–water partition coefficient (Wildman–Crippen LogP) is 2.37. The van der Waals surface area contributed by atoms with Gasteiger partial charge in [0.25, 0.3) is 5.91 Å². The van der Waals surface area contributed by atoms with E-state index in [0.717, 1.165) is 11.4 Å². The van der Waals surface area contributed by atoms with E-state index in [1.807, 2.05) is 31.2 Å². The van der Waals surface area contributed by atoms with E-state index in [2.05, 4.69) is 10.2 Å². The van der Waals surface area contributed by atoms with Gasteiger partial charge in [-0.05, 0) is 36.8 Å². The van der Waals surface area contributed by atoms with Gasteiger partial charge in [-0.15, -0.1) is 0 Å². The Balaban J connectivity index is 1.25. The van der Waals surface area contributed by atoms with Gasteiger partial charge >= 0.3 is 6.03 Å². The van der Waals surface area contributed by atoms with Crippen molar-refractivity contribution in [1.29, 1.82) is 0 Å². The summed E-state index contributed by atoms with van der Waals surface area (Å²) in [7, 11) is 1.60. The number of urea groups is 1. The Kier molecular flexibility index (Phi) is 6.73. The molecule has 0 radical (unpaired) electrons. The minimum Gasteiger partial charge on any atom is -0.492 e. The van der Waals surface area contributed by atoms with Gasteiger partial charge in [0.15, 0.2) is 0 Å². The minimum absolute atomic E-state index is 0.0699. The summed E-state index contributed by atoms with van der Waals surface area (Å²) in [6.07, 6.45) is 0. The maximum absolute atomic E-state index is 13.5. The van der Waals surface area contributed by atoms with E-state index in [9.17, 15) is 18.8 Å². The summed E-state index contributed by atoms with van der Waals surface area (Å²) in [5, 5.41) is 2.82. The van der Waals surface area contributed by atoms with Crippen molar-refractivity contribution in [3.63, 3.8) is 0 Å². The molecule has 9 nitrogen and oxygen atoms in total. The first-order valence-electron chi connectivity index (χ1n) is 12.4. The third kappa shape index (κ3) is 4.71. The molecule has 1 atom stereocenters. The maximum Gasteiger partial charge on any atom is 0.322 e. The van der Waals surface area contributed by atoms with Crippen molar-refractivity contribution < 1.29 is 23.5 Å². The maximum atomic E-state index is 13.5. The second-order valence-corrected chi connectivity index (χ2v) is 9.28. The van der Waals surface area contributed by atoms with Crippen LogP contribution in [0.2, 0.25) is 0 Å². The molecule has 194 valence electrons. The van der Waals surface area contributed by atoms with Crippen molar-refractivity contribution in [3.8, 4) is 5.75 Å². The molecule has 3 heterocycles. The van der Waals surface area contributed by atoms with Crippen LogP contribution >= 0.6 is 0 Å². The molecule has 0 spiro atoms. The number of rotatable bonds is 6. The number of anilines is 1. The number of para-hydroxylation sites is 2. The monoisotopic (exact) mass is 507 g/mol. The number of hydrogen-bond donors (Lipinski definition) is 1. The van der Waals surface area contributed by atoms with Crippen LogP contribution in [-0.4, -0.2) is 85.5 Å². The van der Waals surface area contributed by atoms with E-state index in [1.165, 1.54) is 21.9 Å². The first kappa shape index (κ1) is 24.6. The van der Waals surface area contributed by atoms with Crippen LogP contribution in [0.15, 0.2) is 59.8 Å². The molecular formula is C27H30FN5O4. The van der Waals surface area contributed by atoms with E-state index in [-0.39, 0.29) is 30.9 Å². The molecule has 0 saturated carbocycles. The number of likely N-dealkylation sites (N-methyl/N-ethyl adjacent to an activating group) is 1. The highest BCUT2D eigenvalue weighted by Gasteiger charge is 2.43. The van der Waals surface area contributed by atoms with Gasteiger partial charge in [0.1, 0.15) is 18.1 Å². The van der Waals surface area contributed by atoms with Gasteiger partial charge < -0.3 is 24.8 Å². The highest BCUT2D eigenvalue weighted by molar-refractivity contribution is 6.03. The van der Waals surface area contributed by atoms with Gasteiger partial charge in [-0.2, -0.15) is 0 Å². The molecule has 0 bridgehead atoms. The van der Waals surface area contributed by atoms with Crippen LogP contribution in [0.1, 0.15) is 18.5 Å². The van der Waals surface area contributed by atoms with Crippen LogP contribution in [0.5, 0.6) is 5.75 Å². The first-order valence-corrected chi connectivity index (χ1v) is 12.4. The first-order chi connectivity index (χ1) is 17.9. The van der Waals surface area contributed by atoms with Crippen molar-refractivity contribution in [2.45, 2.75) is 13.0 Å². The number of halogens is 1. The molecule has 5 rings (SSSR count). The number of amides is 4. The number of carbonyl (C=O) groups is 3. The Labute approximate surface area is 215 Å². The van der Waals surface area contributed by atoms with Crippen molar-refractivity contribution in [3.05, 3.63) is 71.2 Å². The molecule has 0 aromatic heterocycles. The molecule has 10 heteroatoms. The normalized spacial score (nSPS) is 19.8. The standard InChI is InChI=1S/C27H30FN5O4/c1-3-37-22-7-5-4-6-20(22)31-12-14-32(15-13-31)23(34)17-33-16-21-24(26(33)35)25(29-27(36)30(21)2)18-8-10-19(28)11-9-18/h4-11,25H,3,12-17H2,1-2H3,(H,29,36). The lowest BCUT2D eigenvalue weighted by Gasteiger charge is -2.37. The molecule has 1 unspecified atom stereocenters. The molecule has 0 aliphatic carbocycles. The zero-order valence-electron chi connectivity index (χ0n) is 20.9. The Morgan fingerprint density at radius 3 is 2.46 bits per heavy atom. The molecule has 4 amide bonds. The van der Waals surface area contributed by atoms with Crippen LogP contribution < -0.4 is 15.0 Å². The third-order valence-electron chi connectivity index (χ3n) is 7.10. The fourth-order valence-electron chi connectivity index (χ4n) is 5.11. The smallest absolute Gasteiger partial charge is 0.322 e. The number of hydrogen-bond acceptors (Lipinski definition) is 5. The lowest BCUT2D eigenvalue weighted by Crippen LogP contribution is -2.51. The molecule has 3 aliphatic rings. The van der Waals surface area contributed by atoms with Gasteiger partial charge in [-0.1, -0.05) is 24.3 Å². The number of nitrogens with zero attached hydrogens (tertiary/aromatic N) is 4. The lowest BCUT2D eigenvalue weighted by atomic mass is 9.96. The highest BCUT2D eigenvalue weighted by atomic mass is 19.1. The molecule has 1 saturated heterocycles. The van der Waals surface area contributed by atoms with E-state index < -0.39 is 11.9 Å². The highest BCUT2D eigenvalue weighted by Crippen LogP contribution is 2.36. The number of benzene rings is 2. The predicted molar refractivity (Wildman–Crippen MR) is 135 cm³/mol. The van der Waals surface area contributed by atoms with Crippen molar-refractivity contribution >= 4 is 23.5 Å². The molecule has 1 fully saturated rings. The number of carbonyl (C=O) groups excluding carboxylic acids is 3. The van der Waals surface area contributed by atoms with Crippen LogP contribution in [0, 0.1) is 5.82 Å². The topological polar surface area (TPSA) is 85.4 Å². The second-order valence-electron chi connectivity index (χ2n) is 9.28. The van der Waals surface area contributed by atoms with Gasteiger partial charge in [0.2, 0.25) is 5.91 Å². The zero-order valence-corrected chi connectivity index (χ0v) is 20.9.